The summed E-state index contributed by atoms with van der Waals surface area (Å²) in [5, 5.41) is 13.0. The van der Waals surface area contributed by atoms with Crippen LogP contribution in [-0.4, -0.2) is 10.1 Å². The van der Waals surface area contributed by atoms with E-state index in [4.69, 9.17) is 74.3 Å². The smallest absolute Gasteiger partial charge is 0.146 e. The fraction of sp³-hybridized carbons (Fsp3) is 0.0417. The highest BCUT2D eigenvalue weighted by atomic mass is 35.5. The molecule has 0 amide bonds. The van der Waals surface area contributed by atoms with Crippen LogP contribution in [0, 0.1) is 0 Å². The second kappa shape index (κ2) is 12.1. The van der Waals surface area contributed by atoms with E-state index < -0.39 is 6.10 Å². The summed E-state index contributed by atoms with van der Waals surface area (Å²) in [6.45, 7) is 0. The summed E-state index contributed by atoms with van der Waals surface area (Å²) in [5.74, 6) is 0.973. The second-order valence-corrected chi connectivity index (χ2v) is 9.14. The van der Waals surface area contributed by atoms with Crippen LogP contribution in [0.15, 0.2) is 79.1 Å². The maximum absolute atomic E-state index is 10.1. The van der Waals surface area contributed by atoms with Gasteiger partial charge >= 0.3 is 0 Å². The van der Waals surface area contributed by atoms with Crippen LogP contribution in [0.1, 0.15) is 17.2 Å². The van der Waals surface area contributed by atoms with Crippen molar-refractivity contribution in [3.63, 3.8) is 0 Å². The maximum Gasteiger partial charge on any atom is 0.146 e. The summed E-state index contributed by atoms with van der Waals surface area (Å²) < 4.78 is 5.57. The molecular weight excluding hydrogens is 547 g/mol. The SMILES string of the molecule is Clc1ccc(Oc2ccc(Cl)cc2Cl)c(Cl)c1.OC(c1cccnc1)c1ccc(Cl)cc1Cl. The number of rotatable bonds is 4. The number of ether oxygens (including phenoxy) is 1. The van der Waals surface area contributed by atoms with Crippen LogP contribution in [0.2, 0.25) is 30.1 Å². The van der Waals surface area contributed by atoms with Crippen molar-refractivity contribution in [2.45, 2.75) is 6.10 Å². The molecule has 0 saturated heterocycles. The molecule has 170 valence electrons. The molecule has 9 heteroatoms. The van der Waals surface area contributed by atoms with Gasteiger partial charge in [0, 0.05) is 43.6 Å². The van der Waals surface area contributed by atoms with Crippen molar-refractivity contribution in [3.8, 4) is 11.5 Å². The van der Waals surface area contributed by atoms with E-state index >= 15 is 0 Å². The molecule has 0 aliphatic carbocycles. The Labute approximate surface area is 221 Å². The number of nitrogens with zero attached hydrogens (tertiary/aromatic N) is 1. The predicted molar refractivity (Wildman–Crippen MR) is 138 cm³/mol. The molecule has 3 aromatic carbocycles. The van der Waals surface area contributed by atoms with Gasteiger partial charge in [-0.1, -0.05) is 81.7 Å². The second-order valence-electron chi connectivity index (χ2n) is 6.61. The largest absolute Gasteiger partial charge is 0.454 e. The Hall–Kier alpha value is -1.69. The predicted octanol–water partition coefficient (Wildman–Crippen LogP) is 9.56. The first-order valence-corrected chi connectivity index (χ1v) is 11.6. The third-order valence-electron chi connectivity index (χ3n) is 4.27. The lowest BCUT2D eigenvalue weighted by Gasteiger charge is -2.12. The van der Waals surface area contributed by atoms with Crippen LogP contribution in [0.4, 0.5) is 0 Å². The highest BCUT2D eigenvalue weighted by molar-refractivity contribution is 6.36. The maximum atomic E-state index is 10.1. The van der Waals surface area contributed by atoms with Gasteiger partial charge in [0.25, 0.3) is 0 Å². The van der Waals surface area contributed by atoms with Crippen LogP contribution in [0.3, 0.4) is 0 Å². The van der Waals surface area contributed by atoms with Gasteiger partial charge in [-0.25, -0.2) is 0 Å². The van der Waals surface area contributed by atoms with Crippen molar-refractivity contribution in [2.75, 3.05) is 0 Å². The third-order valence-corrected chi connectivity index (χ3v) is 5.89. The highest BCUT2D eigenvalue weighted by Gasteiger charge is 2.14. The van der Waals surface area contributed by atoms with E-state index in [0.717, 1.165) is 0 Å². The molecule has 1 atom stereocenters. The number of halogens is 6. The number of aliphatic hydroxyl groups is 1. The minimum Gasteiger partial charge on any atom is -0.454 e. The highest BCUT2D eigenvalue weighted by Crippen LogP contribution is 2.36. The molecule has 0 aliphatic heterocycles. The lowest BCUT2D eigenvalue weighted by Crippen LogP contribution is -2.00. The summed E-state index contributed by atoms with van der Waals surface area (Å²) >= 11 is 35.3. The zero-order valence-electron chi connectivity index (χ0n) is 16.7. The lowest BCUT2D eigenvalue weighted by molar-refractivity contribution is 0.220. The van der Waals surface area contributed by atoms with Gasteiger partial charge in [-0.2, -0.15) is 0 Å². The molecule has 4 aromatic rings. The van der Waals surface area contributed by atoms with Gasteiger partial charge in [0.05, 0.1) is 10.0 Å². The molecule has 1 unspecified atom stereocenters. The summed E-state index contributed by atoms with van der Waals surface area (Å²) in [6.07, 6.45) is 2.48. The zero-order valence-corrected chi connectivity index (χ0v) is 21.2. The Balaban J connectivity index is 0.000000186. The molecule has 0 saturated carbocycles. The van der Waals surface area contributed by atoms with E-state index in [-0.39, 0.29) is 0 Å². The van der Waals surface area contributed by atoms with Gasteiger partial charge in [0.15, 0.2) is 0 Å². The third kappa shape index (κ3) is 7.40. The van der Waals surface area contributed by atoms with Gasteiger partial charge in [0.1, 0.15) is 17.6 Å². The topological polar surface area (TPSA) is 42.4 Å². The van der Waals surface area contributed by atoms with Crippen LogP contribution in [0.5, 0.6) is 11.5 Å². The number of aromatic nitrogens is 1. The Bertz CT molecular complexity index is 1190. The summed E-state index contributed by atoms with van der Waals surface area (Å²) in [4.78, 5) is 3.95. The average molecular weight is 562 g/mol. The van der Waals surface area contributed by atoms with E-state index in [0.29, 0.717) is 52.8 Å². The Morgan fingerprint density at radius 1 is 0.667 bits per heavy atom. The fourth-order valence-electron chi connectivity index (χ4n) is 2.67. The standard InChI is InChI=1S/C12H6Cl4O.C12H9Cl2NO/c13-7-1-3-11(9(15)5-7)17-12-4-2-8(14)6-10(12)16;13-9-3-4-10(11(14)6-9)12(16)8-2-1-5-15-7-8/h1-6H;1-7,12,16H. The van der Waals surface area contributed by atoms with Crippen LogP contribution in [-0.2, 0) is 0 Å². The summed E-state index contributed by atoms with van der Waals surface area (Å²) in [7, 11) is 0. The fourth-order valence-corrected chi connectivity index (χ4v) is 4.08. The number of hydrogen-bond donors (Lipinski definition) is 1. The quantitative estimate of drug-likeness (QED) is 0.270. The Kier molecular flexibility index (Phi) is 9.54. The van der Waals surface area contributed by atoms with Gasteiger partial charge in [-0.3, -0.25) is 4.98 Å². The number of hydrogen-bond acceptors (Lipinski definition) is 3. The number of benzene rings is 3. The van der Waals surface area contributed by atoms with Crippen molar-refractivity contribution in [3.05, 3.63) is 120 Å². The zero-order chi connectivity index (χ0) is 24.0. The van der Waals surface area contributed by atoms with E-state index in [1.165, 1.54) is 0 Å². The van der Waals surface area contributed by atoms with Crippen molar-refractivity contribution in [1.82, 2.24) is 4.98 Å². The molecular formula is C24H15Cl6NO2. The van der Waals surface area contributed by atoms with Crippen molar-refractivity contribution in [1.29, 1.82) is 0 Å². The summed E-state index contributed by atoms with van der Waals surface area (Å²) in [6, 6.07) is 18.5. The Morgan fingerprint density at radius 2 is 1.18 bits per heavy atom. The van der Waals surface area contributed by atoms with Crippen molar-refractivity contribution < 1.29 is 9.84 Å². The molecule has 1 heterocycles. The molecule has 33 heavy (non-hydrogen) atoms. The lowest BCUT2D eigenvalue weighted by atomic mass is 10.0. The molecule has 3 nitrogen and oxygen atoms in total. The number of pyridine rings is 1. The monoisotopic (exact) mass is 559 g/mol. The van der Waals surface area contributed by atoms with Gasteiger partial charge in [-0.05, 0) is 54.6 Å². The first-order chi connectivity index (χ1) is 15.7. The molecule has 4 rings (SSSR count). The minimum atomic E-state index is -0.779. The van der Waals surface area contributed by atoms with Crippen molar-refractivity contribution in [2.24, 2.45) is 0 Å². The minimum absolute atomic E-state index is 0.420. The van der Waals surface area contributed by atoms with E-state index in [2.05, 4.69) is 4.98 Å². The number of aliphatic hydroxyl groups excluding tert-OH is 1. The molecule has 0 fully saturated rings. The van der Waals surface area contributed by atoms with Gasteiger partial charge in [-0.15, -0.1) is 0 Å². The van der Waals surface area contributed by atoms with Gasteiger partial charge < -0.3 is 9.84 Å². The van der Waals surface area contributed by atoms with Crippen LogP contribution < -0.4 is 4.74 Å². The normalized spacial score (nSPS) is 11.4. The average Bonchev–Trinajstić information content (AvgIpc) is 2.78. The Morgan fingerprint density at radius 3 is 1.64 bits per heavy atom. The first-order valence-electron chi connectivity index (χ1n) is 9.35. The van der Waals surface area contributed by atoms with Gasteiger partial charge in [0.2, 0.25) is 0 Å². The molecule has 0 radical (unpaired) electrons. The molecule has 1 N–H and O–H groups in total. The molecule has 1 aromatic heterocycles. The van der Waals surface area contributed by atoms with Crippen molar-refractivity contribution >= 4 is 69.6 Å². The molecule has 0 aliphatic rings. The molecule has 0 spiro atoms. The van der Waals surface area contributed by atoms with E-state index in [9.17, 15) is 5.11 Å². The molecule has 0 bridgehead atoms. The van der Waals surface area contributed by atoms with Crippen LogP contribution in [0.25, 0.3) is 0 Å². The summed E-state index contributed by atoms with van der Waals surface area (Å²) in [5.41, 5.74) is 1.32. The first kappa shape index (κ1) is 25.9. The van der Waals surface area contributed by atoms with Crippen LogP contribution >= 0.6 is 69.6 Å². The van der Waals surface area contributed by atoms with E-state index in [1.807, 2.05) is 0 Å². The van der Waals surface area contributed by atoms with E-state index in [1.54, 1.807) is 79.1 Å².